The van der Waals surface area contributed by atoms with Gasteiger partial charge in [-0.3, -0.25) is 0 Å². The lowest BCUT2D eigenvalue weighted by molar-refractivity contribution is 0.417. The van der Waals surface area contributed by atoms with Gasteiger partial charge >= 0.3 is 0 Å². The van der Waals surface area contributed by atoms with E-state index in [0.29, 0.717) is 11.7 Å². The van der Waals surface area contributed by atoms with E-state index in [1.165, 1.54) is 25.7 Å². The maximum absolute atomic E-state index is 5.98. The molecule has 0 bridgehead atoms. The molecule has 0 spiro atoms. The fourth-order valence-corrected chi connectivity index (χ4v) is 2.14. The Kier molecular flexibility index (Phi) is 2.99. The molecule has 1 aromatic rings. The standard InChI is InChI=1S/C12H18N2O/c1-15-11-8-4-7-10(12(11)13)14-9-5-2-3-6-9/h4,7-9,14H,2-3,5-6,13H2,1H3. The van der Waals surface area contributed by atoms with E-state index in [1.54, 1.807) is 7.11 Å². The first-order valence-corrected chi connectivity index (χ1v) is 5.50. The average molecular weight is 206 g/mol. The molecule has 3 heteroatoms. The molecule has 1 aliphatic carbocycles. The number of nitrogens with two attached hydrogens (primary N) is 1. The molecule has 0 aliphatic heterocycles. The van der Waals surface area contributed by atoms with Crippen molar-refractivity contribution in [3.63, 3.8) is 0 Å². The molecule has 1 aliphatic rings. The minimum atomic E-state index is 0.583. The molecule has 1 saturated carbocycles. The number of methoxy groups -OCH3 is 1. The first kappa shape index (κ1) is 10.1. The van der Waals surface area contributed by atoms with Crippen molar-refractivity contribution in [2.24, 2.45) is 0 Å². The summed E-state index contributed by atoms with van der Waals surface area (Å²) >= 11 is 0. The quantitative estimate of drug-likeness (QED) is 0.747. The Balaban J connectivity index is 2.13. The van der Waals surface area contributed by atoms with Crippen LogP contribution in [0, 0.1) is 0 Å². The van der Waals surface area contributed by atoms with Gasteiger partial charge in [0.2, 0.25) is 0 Å². The highest BCUT2D eigenvalue weighted by molar-refractivity contribution is 5.73. The second kappa shape index (κ2) is 4.43. The van der Waals surface area contributed by atoms with E-state index in [4.69, 9.17) is 10.5 Å². The van der Waals surface area contributed by atoms with Crippen molar-refractivity contribution >= 4 is 11.4 Å². The Bertz CT molecular complexity index is 332. The number of ether oxygens (including phenoxy) is 1. The van der Waals surface area contributed by atoms with Gasteiger partial charge in [-0.15, -0.1) is 0 Å². The summed E-state index contributed by atoms with van der Waals surface area (Å²) in [4.78, 5) is 0. The van der Waals surface area contributed by atoms with Crippen LogP contribution in [0.2, 0.25) is 0 Å². The summed E-state index contributed by atoms with van der Waals surface area (Å²) in [5.41, 5.74) is 7.70. The molecule has 0 amide bonds. The van der Waals surface area contributed by atoms with Gasteiger partial charge in [0.1, 0.15) is 5.75 Å². The highest BCUT2D eigenvalue weighted by Gasteiger charge is 2.16. The zero-order valence-electron chi connectivity index (χ0n) is 9.12. The number of benzene rings is 1. The fourth-order valence-electron chi connectivity index (χ4n) is 2.14. The highest BCUT2D eigenvalue weighted by Crippen LogP contribution is 2.31. The minimum Gasteiger partial charge on any atom is -0.495 e. The molecular formula is C12H18N2O. The number of rotatable bonds is 3. The summed E-state index contributed by atoms with van der Waals surface area (Å²) in [5, 5.41) is 3.48. The molecule has 0 atom stereocenters. The summed E-state index contributed by atoms with van der Waals surface area (Å²) in [6.07, 6.45) is 5.14. The Morgan fingerprint density at radius 3 is 2.73 bits per heavy atom. The van der Waals surface area contributed by atoms with E-state index in [9.17, 15) is 0 Å². The van der Waals surface area contributed by atoms with Gasteiger partial charge in [0.15, 0.2) is 0 Å². The third-order valence-corrected chi connectivity index (χ3v) is 3.00. The van der Waals surface area contributed by atoms with Crippen molar-refractivity contribution in [2.75, 3.05) is 18.2 Å². The van der Waals surface area contributed by atoms with Gasteiger partial charge in [0.05, 0.1) is 18.5 Å². The lowest BCUT2D eigenvalue weighted by Crippen LogP contribution is -2.15. The molecule has 0 heterocycles. The fraction of sp³-hybridized carbons (Fsp3) is 0.500. The molecule has 0 radical (unpaired) electrons. The molecular weight excluding hydrogens is 188 g/mol. The summed E-state index contributed by atoms with van der Waals surface area (Å²) in [7, 11) is 1.64. The lowest BCUT2D eigenvalue weighted by Gasteiger charge is -2.16. The van der Waals surface area contributed by atoms with Crippen LogP contribution in [0.1, 0.15) is 25.7 Å². The summed E-state index contributed by atoms with van der Waals surface area (Å²) in [6.45, 7) is 0. The Labute approximate surface area is 90.6 Å². The number of hydrogen-bond acceptors (Lipinski definition) is 3. The first-order valence-electron chi connectivity index (χ1n) is 5.50. The molecule has 0 unspecified atom stereocenters. The molecule has 0 saturated heterocycles. The van der Waals surface area contributed by atoms with E-state index in [1.807, 2.05) is 18.2 Å². The van der Waals surface area contributed by atoms with Crippen LogP contribution in [-0.2, 0) is 0 Å². The molecule has 1 aromatic carbocycles. The van der Waals surface area contributed by atoms with E-state index in [-0.39, 0.29) is 0 Å². The van der Waals surface area contributed by atoms with Crippen molar-refractivity contribution in [1.82, 2.24) is 0 Å². The number of nitrogen functional groups attached to an aromatic ring is 1. The van der Waals surface area contributed by atoms with Gasteiger partial charge in [-0.1, -0.05) is 18.9 Å². The predicted octanol–water partition coefficient (Wildman–Crippen LogP) is 2.63. The van der Waals surface area contributed by atoms with Crippen molar-refractivity contribution in [3.8, 4) is 5.75 Å². The van der Waals surface area contributed by atoms with Crippen LogP contribution in [0.25, 0.3) is 0 Å². The average Bonchev–Trinajstić information content (AvgIpc) is 2.74. The van der Waals surface area contributed by atoms with Gasteiger partial charge in [0.25, 0.3) is 0 Å². The topological polar surface area (TPSA) is 47.3 Å². The Morgan fingerprint density at radius 1 is 1.33 bits per heavy atom. The van der Waals surface area contributed by atoms with Crippen molar-refractivity contribution in [1.29, 1.82) is 0 Å². The second-order valence-corrected chi connectivity index (χ2v) is 4.05. The van der Waals surface area contributed by atoms with E-state index < -0.39 is 0 Å². The zero-order chi connectivity index (χ0) is 10.7. The van der Waals surface area contributed by atoms with Gasteiger partial charge in [-0.05, 0) is 25.0 Å². The third-order valence-electron chi connectivity index (χ3n) is 3.00. The molecule has 3 N–H and O–H groups in total. The minimum absolute atomic E-state index is 0.583. The maximum Gasteiger partial charge on any atom is 0.143 e. The molecule has 0 aromatic heterocycles. The molecule has 1 fully saturated rings. The van der Waals surface area contributed by atoms with E-state index in [2.05, 4.69) is 5.32 Å². The first-order chi connectivity index (χ1) is 7.31. The normalized spacial score (nSPS) is 16.6. The smallest absolute Gasteiger partial charge is 0.143 e. The van der Waals surface area contributed by atoms with Gasteiger partial charge in [-0.2, -0.15) is 0 Å². The molecule has 2 rings (SSSR count). The largest absolute Gasteiger partial charge is 0.495 e. The zero-order valence-corrected chi connectivity index (χ0v) is 9.12. The predicted molar refractivity (Wildman–Crippen MR) is 63.3 cm³/mol. The van der Waals surface area contributed by atoms with Crippen LogP contribution in [0.3, 0.4) is 0 Å². The number of anilines is 2. The van der Waals surface area contributed by atoms with E-state index >= 15 is 0 Å². The van der Waals surface area contributed by atoms with Gasteiger partial charge in [0, 0.05) is 6.04 Å². The second-order valence-electron chi connectivity index (χ2n) is 4.05. The third kappa shape index (κ3) is 2.17. The van der Waals surface area contributed by atoms with Crippen LogP contribution in [0.15, 0.2) is 18.2 Å². The van der Waals surface area contributed by atoms with Gasteiger partial charge in [-0.25, -0.2) is 0 Å². The molecule has 82 valence electrons. The molecule has 15 heavy (non-hydrogen) atoms. The van der Waals surface area contributed by atoms with Crippen LogP contribution < -0.4 is 15.8 Å². The van der Waals surface area contributed by atoms with Gasteiger partial charge < -0.3 is 15.8 Å². The number of para-hydroxylation sites is 1. The SMILES string of the molecule is COc1cccc(NC2CCCC2)c1N. The summed E-state index contributed by atoms with van der Waals surface area (Å²) < 4.78 is 5.19. The lowest BCUT2D eigenvalue weighted by atomic mass is 10.2. The Morgan fingerprint density at radius 2 is 2.07 bits per heavy atom. The summed E-state index contributed by atoms with van der Waals surface area (Å²) in [6, 6.07) is 6.44. The van der Waals surface area contributed by atoms with Crippen LogP contribution in [0.5, 0.6) is 5.75 Å². The summed E-state index contributed by atoms with van der Waals surface area (Å²) in [5.74, 6) is 0.748. The van der Waals surface area contributed by atoms with Crippen molar-refractivity contribution < 1.29 is 4.74 Å². The van der Waals surface area contributed by atoms with Crippen molar-refractivity contribution in [2.45, 2.75) is 31.7 Å². The van der Waals surface area contributed by atoms with Crippen LogP contribution >= 0.6 is 0 Å². The van der Waals surface area contributed by atoms with Crippen LogP contribution in [-0.4, -0.2) is 13.2 Å². The van der Waals surface area contributed by atoms with E-state index in [0.717, 1.165) is 11.4 Å². The van der Waals surface area contributed by atoms with Crippen molar-refractivity contribution in [3.05, 3.63) is 18.2 Å². The molecule has 3 nitrogen and oxygen atoms in total. The monoisotopic (exact) mass is 206 g/mol. The number of hydrogen-bond donors (Lipinski definition) is 2. The highest BCUT2D eigenvalue weighted by atomic mass is 16.5. The number of nitrogens with one attached hydrogen (secondary N) is 1. The maximum atomic E-state index is 5.98. The Hall–Kier alpha value is -1.38. The van der Waals surface area contributed by atoms with Crippen LogP contribution in [0.4, 0.5) is 11.4 Å².